The van der Waals surface area contributed by atoms with E-state index in [1.54, 1.807) is 24.3 Å². The molecule has 0 spiro atoms. The molecule has 0 unspecified atom stereocenters. The molecule has 0 aromatic heterocycles. The number of carbonyl (C=O) groups is 2. The molecule has 2 aromatic rings. The number of anilines is 1. The molecule has 2 aromatic carbocycles. The molecule has 0 atom stereocenters. The van der Waals surface area contributed by atoms with E-state index in [1.165, 1.54) is 7.11 Å². The molecular formula is C16H13F2NO3S. The van der Waals surface area contributed by atoms with Gasteiger partial charge in [0.05, 0.1) is 24.1 Å². The Hall–Kier alpha value is -2.41. The number of methoxy groups -OCH3 is 1. The number of amides is 1. The zero-order chi connectivity index (χ0) is 16.8. The maximum Gasteiger partial charge on any atom is 0.338 e. The molecule has 0 saturated carbocycles. The van der Waals surface area contributed by atoms with Gasteiger partial charge in [0, 0.05) is 11.0 Å². The third-order valence-electron chi connectivity index (χ3n) is 2.85. The number of carbonyl (C=O) groups excluding carboxylic acids is 2. The molecule has 1 amide bonds. The van der Waals surface area contributed by atoms with Gasteiger partial charge in [-0.3, -0.25) is 4.79 Å². The molecule has 23 heavy (non-hydrogen) atoms. The zero-order valence-corrected chi connectivity index (χ0v) is 13.0. The number of nitrogens with one attached hydrogen (secondary N) is 1. The largest absolute Gasteiger partial charge is 0.465 e. The summed E-state index contributed by atoms with van der Waals surface area (Å²) in [5.74, 6) is -2.46. The molecular weight excluding hydrogens is 324 g/mol. The van der Waals surface area contributed by atoms with E-state index in [-0.39, 0.29) is 11.4 Å². The first-order valence-corrected chi connectivity index (χ1v) is 7.55. The first kappa shape index (κ1) is 17.0. The molecule has 0 fully saturated rings. The van der Waals surface area contributed by atoms with Crippen molar-refractivity contribution in [2.24, 2.45) is 0 Å². The van der Waals surface area contributed by atoms with Gasteiger partial charge in [0.15, 0.2) is 0 Å². The van der Waals surface area contributed by atoms with E-state index in [4.69, 9.17) is 0 Å². The Balaban J connectivity index is 2.02. The van der Waals surface area contributed by atoms with Crippen LogP contribution in [0.5, 0.6) is 0 Å². The van der Waals surface area contributed by atoms with Crippen LogP contribution in [0.4, 0.5) is 14.5 Å². The van der Waals surface area contributed by atoms with E-state index in [2.05, 4.69) is 10.1 Å². The van der Waals surface area contributed by atoms with E-state index < -0.39 is 23.5 Å². The minimum absolute atomic E-state index is 0.0655. The van der Waals surface area contributed by atoms with Crippen LogP contribution in [0.1, 0.15) is 10.4 Å². The highest BCUT2D eigenvalue weighted by atomic mass is 32.2. The average Bonchev–Trinajstić information content (AvgIpc) is 2.56. The summed E-state index contributed by atoms with van der Waals surface area (Å²) in [6, 6.07) is 9.46. The first-order chi connectivity index (χ1) is 11.0. The Kier molecular flexibility index (Phi) is 5.70. The molecule has 0 aliphatic rings. The predicted molar refractivity (Wildman–Crippen MR) is 83.5 cm³/mol. The van der Waals surface area contributed by atoms with Gasteiger partial charge in [-0.25, -0.2) is 13.6 Å². The Labute approximate surface area is 135 Å². The van der Waals surface area contributed by atoms with Gasteiger partial charge in [-0.2, -0.15) is 0 Å². The summed E-state index contributed by atoms with van der Waals surface area (Å²) in [5.41, 5.74) is 0.113. The minimum Gasteiger partial charge on any atom is -0.465 e. The second-order valence-electron chi connectivity index (χ2n) is 4.45. The molecule has 4 nitrogen and oxygen atoms in total. The van der Waals surface area contributed by atoms with Crippen LogP contribution in [0, 0.1) is 11.6 Å². The van der Waals surface area contributed by atoms with Gasteiger partial charge < -0.3 is 10.1 Å². The first-order valence-electron chi connectivity index (χ1n) is 6.56. The van der Waals surface area contributed by atoms with E-state index in [0.717, 1.165) is 30.0 Å². The molecule has 0 radical (unpaired) electrons. The zero-order valence-electron chi connectivity index (χ0n) is 12.1. The number of hydrogen-bond donors (Lipinski definition) is 1. The fraction of sp³-hybridized carbons (Fsp3) is 0.125. The Morgan fingerprint density at radius 2 is 1.91 bits per heavy atom. The minimum atomic E-state index is -0.722. The molecule has 0 heterocycles. The maximum absolute atomic E-state index is 13.5. The van der Waals surface area contributed by atoms with E-state index >= 15 is 0 Å². The van der Waals surface area contributed by atoms with Gasteiger partial charge in [-0.1, -0.05) is 12.1 Å². The van der Waals surface area contributed by atoms with E-state index in [0.29, 0.717) is 10.5 Å². The number of esters is 1. The monoisotopic (exact) mass is 337 g/mol. The van der Waals surface area contributed by atoms with Crippen molar-refractivity contribution in [3.8, 4) is 0 Å². The maximum atomic E-state index is 13.5. The second-order valence-corrected chi connectivity index (χ2v) is 5.47. The molecule has 0 saturated heterocycles. The fourth-order valence-electron chi connectivity index (χ4n) is 1.79. The van der Waals surface area contributed by atoms with Crippen LogP contribution in [0.25, 0.3) is 0 Å². The third kappa shape index (κ3) is 4.53. The highest BCUT2D eigenvalue weighted by Gasteiger charge is 2.14. The fourth-order valence-corrected chi connectivity index (χ4v) is 2.63. The summed E-state index contributed by atoms with van der Waals surface area (Å²) in [6.45, 7) is 0. The van der Waals surface area contributed by atoms with Gasteiger partial charge in [-0.05, 0) is 24.3 Å². The smallest absolute Gasteiger partial charge is 0.338 e. The SMILES string of the molecule is COC(=O)c1ccccc1SCC(=O)Nc1cc(F)ccc1F. The van der Waals surface area contributed by atoms with Gasteiger partial charge in [-0.15, -0.1) is 11.8 Å². The average molecular weight is 337 g/mol. The van der Waals surface area contributed by atoms with Crippen molar-refractivity contribution in [1.29, 1.82) is 0 Å². The van der Waals surface area contributed by atoms with Gasteiger partial charge in [0.1, 0.15) is 11.6 Å². The standard InChI is InChI=1S/C16H13F2NO3S/c1-22-16(21)11-4-2-3-5-14(11)23-9-15(20)19-13-8-10(17)6-7-12(13)18/h2-8H,9H2,1H3,(H,19,20). The molecule has 0 aliphatic heterocycles. The van der Waals surface area contributed by atoms with E-state index in [1.807, 2.05) is 0 Å². The second kappa shape index (κ2) is 7.73. The lowest BCUT2D eigenvalue weighted by Crippen LogP contribution is -2.15. The molecule has 120 valence electrons. The third-order valence-corrected chi connectivity index (χ3v) is 3.93. The molecule has 1 N–H and O–H groups in total. The molecule has 0 bridgehead atoms. The van der Waals surface area contributed by atoms with Crippen molar-refractivity contribution < 1.29 is 23.1 Å². The van der Waals surface area contributed by atoms with Crippen molar-refractivity contribution in [2.45, 2.75) is 4.90 Å². The van der Waals surface area contributed by atoms with Crippen LogP contribution in [-0.2, 0) is 9.53 Å². The summed E-state index contributed by atoms with van der Waals surface area (Å²) in [5, 5.41) is 2.29. The summed E-state index contributed by atoms with van der Waals surface area (Å²) in [6.07, 6.45) is 0. The Bertz CT molecular complexity index is 737. The number of ether oxygens (including phenoxy) is 1. The molecule has 2 rings (SSSR count). The van der Waals surface area contributed by atoms with Crippen molar-refractivity contribution in [3.63, 3.8) is 0 Å². The van der Waals surface area contributed by atoms with Crippen molar-refractivity contribution >= 4 is 29.3 Å². The normalized spacial score (nSPS) is 10.2. The summed E-state index contributed by atoms with van der Waals surface area (Å²) in [7, 11) is 1.27. The lowest BCUT2D eigenvalue weighted by Gasteiger charge is -2.08. The summed E-state index contributed by atoms with van der Waals surface area (Å²) >= 11 is 1.10. The van der Waals surface area contributed by atoms with Crippen molar-refractivity contribution in [2.75, 3.05) is 18.2 Å². The van der Waals surface area contributed by atoms with E-state index in [9.17, 15) is 18.4 Å². The van der Waals surface area contributed by atoms with Crippen LogP contribution >= 0.6 is 11.8 Å². The summed E-state index contributed by atoms with van der Waals surface area (Å²) in [4.78, 5) is 24.1. The lowest BCUT2D eigenvalue weighted by atomic mass is 10.2. The summed E-state index contributed by atoms with van der Waals surface area (Å²) < 4.78 is 31.2. The highest BCUT2D eigenvalue weighted by Crippen LogP contribution is 2.24. The number of benzene rings is 2. The number of hydrogen-bond acceptors (Lipinski definition) is 4. The number of halogens is 2. The van der Waals surface area contributed by atoms with Gasteiger partial charge >= 0.3 is 5.97 Å². The number of thioether (sulfide) groups is 1. The number of rotatable bonds is 5. The Morgan fingerprint density at radius 3 is 2.65 bits per heavy atom. The van der Waals surface area contributed by atoms with Crippen LogP contribution in [0.15, 0.2) is 47.4 Å². The molecule has 0 aliphatic carbocycles. The van der Waals surface area contributed by atoms with Crippen LogP contribution in [-0.4, -0.2) is 24.7 Å². The van der Waals surface area contributed by atoms with Crippen LogP contribution in [0.3, 0.4) is 0 Å². The highest BCUT2D eigenvalue weighted by molar-refractivity contribution is 8.00. The van der Waals surface area contributed by atoms with Crippen LogP contribution in [0.2, 0.25) is 0 Å². The van der Waals surface area contributed by atoms with Gasteiger partial charge in [0.25, 0.3) is 0 Å². The van der Waals surface area contributed by atoms with Gasteiger partial charge in [0.2, 0.25) is 5.91 Å². The lowest BCUT2D eigenvalue weighted by molar-refractivity contribution is -0.113. The quantitative estimate of drug-likeness (QED) is 0.670. The predicted octanol–water partition coefficient (Wildman–Crippen LogP) is 3.48. The van der Waals surface area contributed by atoms with Crippen LogP contribution < -0.4 is 5.32 Å². The van der Waals surface area contributed by atoms with Crippen molar-refractivity contribution in [1.82, 2.24) is 0 Å². The molecule has 7 heteroatoms. The van der Waals surface area contributed by atoms with Crippen molar-refractivity contribution in [3.05, 3.63) is 59.7 Å². The Morgan fingerprint density at radius 1 is 1.17 bits per heavy atom. The topological polar surface area (TPSA) is 55.4 Å².